The number of nitrogens with zero attached hydrogens (tertiary/aromatic N) is 1. The van der Waals surface area contributed by atoms with Gasteiger partial charge in [-0.3, -0.25) is 0 Å². The molecule has 2 amide bonds. The Hall–Kier alpha value is -1.32. The van der Waals surface area contributed by atoms with E-state index in [4.69, 9.17) is 5.73 Å². The van der Waals surface area contributed by atoms with Crippen LogP contribution in [0.2, 0.25) is 0 Å². The van der Waals surface area contributed by atoms with Crippen molar-refractivity contribution in [1.82, 2.24) is 5.43 Å². The van der Waals surface area contributed by atoms with E-state index >= 15 is 0 Å². The number of nitrogens with one attached hydrogen (secondary N) is 1. The highest BCUT2D eigenvalue weighted by Gasteiger charge is 1.92. The number of urea groups is 1. The molecule has 0 aromatic rings. The maximum atomic E-state index is 10.2. The molecule has 62 valence electrons. The summed E-state index contributed by atoms with van der Waals surface area (Å²) in [5.41, 5.74) is 8.72. The zero-order valence-electron chi connectivity index (χ0n) is 7.01. The summed E-state index contributed by atoms with van der Waals surface area (Å²) in [7, 11) is 0. The van der Waals surface area contributed by atoms with E-state index in [2.05, 4.69) is 10.5 Å². The fraction of sp³-hybridized carbons (Fsp3) is 0.429. The predicted octanol–water partition coefficient (Wildman–Crippen LogP) is 0.997. The lowest BCUT2D eigenvalue weighted by molar-refractivity contribution is 0.249. The van der Waals surface area contributed by atoms with Crippen molar-refractivity contribution in [2.24, 2.45) is 10.8 Å². The summed E-state index contributed by atoms with van der Waals surface area (Å²) in [6.07, 6.45) is 1.90. The standard InChI is InChI=1S/C7H13N3O/c1-4-5(2)6(3)9-10-7(8)11/h4H,1-3H3,(H3,8,10,11)/b5-4+,9-6+. The van der Waals surface area contributed by atoms with Crippen LogP contribution in [0.4, 0.5) is 4.79 Å². The summed E-state index contributed by atoms with van der Waals surface area (Å²) in [6, 6.07) is -0.645. The normalized spacial score (nSPS) is 13.0. The lowest BCUT2D eigenvalue weighted by atomic mass is 10.2. The molecule has 11 heavy (non-hydrogen) atoms. The van der Waals surface area contributed by atoms with Gasteiger partial charge in [-0.2, -0.15) is 5.10 Å². The van der Waals surface area contributed by atoms with Crippen LogP contribution in [0.5, 0.6) is 0 Å². The van der Waals surface area contributed by atoms with Crippen LogP contribution in [0.25, 0.3) is 0 Å². The maximum absolute atomic E-state index is 10.2. The third-order valence-electron chi connectivity index (χ3n) is 1.34. The van der Waals surface area contributed by atoms with E-state index in [1.807, 2.05) is 19.9 Å². The minimum absolute atomic E-state index is 0.645. The molecule has 0 aromatic heterocycles. The number of amides is 2. The van der Waals surface area contributed by atoms with Crippen LogP contribution in [0.15, 0.2) is 16.8 Å². The zero-order chi connectivity index (χ0) is 8.85. The van der Waals surface area contributed by atoms with E-state index in [9.17, 15) is 4.79 Å². The molecule has 0 heterocycles. The lowest BCUT2D eigenvalue weighted by Gasteiger charge is -1.98. The molecule has 0 spiro atoms. The van der Waals surface area contributed by atoms with E-state index in [1.54, 1.807) is 6.92 Å². The van der Waals surface area contributed by atoms with Gasteiger partial charge in [-0.1, -0.05) is 6.08 Å². The number of allylic oxidation sites excluding steroid dienone is 2. The van der Waals surface area contributed by atoms with Crippen molar-refractivity contribution in [2.75, 3.05) is 0 Å². The Kier molecular flexibility index (Phi) is 3.95. The van der Waals surface area contributed by atoms with Gasteiger partial charge in [0.15, 0.2) is 0 Å². The van der Waals surface area contributed by atoms with Gasteiger partial charge >= 0.3 is 6.03 Å². The molecule has 0 saturated heterocycles. The van der Waals surface area contributed by atoms with Crippen molar-refractivity contribution >= 4 is 11.7 Å². The molecule has 0 rings (SSSR count). The fourth-order valence-electron chi connectivity index (χ4n) is 0.436. The van der Waals surface area contributed by atoms with Gasteiger partial charge in [0, 0.05) is 0 Å². The van der Waals surface area contributed by atoms with Gasteiger partial charge in [0.25, 0.3) is 0 Å². The van der Waals surface area contributed by atoms with E-state index < -0.39 is 6.03 Å². The van der Waals surface area contributed by atoms with Gasteiger partial charge in [-0.25, -0.2) is 10.2 Å². The summed E-state index contributed by atoms with van der Waals surface area (Å²) in [6.45, 7) is 5.60. The number of primary amides is 1. The molecule has 0 aliphatic carbocycles. The molecule has 4 nitrogen and oxygen atoms in total. The molecule has 0 aliphatic heterocycles. The first kappa shape index (κ1) is 9.68. The minimum Gasteiger partial charge on any atom is -0.350 e. The Labute approximate surface area is 66.2 Å². The molecule has 0 aromatic carbocycles. The second kappa shape index (κ2) is 4.49. The molecule has 3 N–H and O–H groups in total. The fourth-order valence-corrected chi connectivity index (χ4v) is 0.436. The first-order valence-corrected chi connectivity index (χ1v) is 3.31. The molecule has 0 atom stereocenters. The van der Waals surface area contributed by atoms with E-state index in [0.29, 0.717) is 0 Å². The average Bonchev–Trinajstić information content (AvgIpc) is 1.98. The number of carbonyl (C=O) groups excluding carboxylic acids is 1. The number of rotatable bonds is 2. The van der Waals surface area contributed by atoms with Crippen molar-refractivity contribution in [3.8, 4) is 0 Å². The quantitative estimate of drug-likeness (QED) is 0.453. The summed E-state index contributed by atoms with van der Waals surface area (Å²) < 4.78 is 0. The van der Waals surface area contributed by atoms with Crippen LogP contribution in [0.1, 0.15) is 20.8 Å². The highest BCUT2D eigenvalue weighted by molar-refractivity contribution is 5.98. The highest BCUT2D eigenvalue weighted by atomic mass is 16.2. The second-order valence-electron chi connectivity index (χ2n) is 2.14. The SMILES string of the molecule is C/C=C(C)/C(C)=N/NC(N)=O. The molecule has 0 aliphatic rings. The first-order chi connectivity index (χ1) is 5.07. The number of nitrogens with two attached hydrogens (primary N) is 1. The Morgan fingerprint density at radius 2 is 2.09 bits per heavy atom. The van der Waals surface area contributed by atoms with Gasteiger partial charge < -0.3 is 5.73 Å². The molecular weight excluding hydrogens is 142 g/mol. The van der Waals surface area contributed by atoms with Crippen molar-refractivity contribution in [3.05, 3.63) is 11.6 Å². The largest absolute Gasteiger partial charge is 0.350 e. The van der Waals surface area contributed by atoms with Crippen LogP contribution in [0, 0.1) is 0 Å². The van der Waals surface area contributed by atoms with Crippen LogP contribution in [-0.4, -0.2) is 11.7 Å². The third-order valence-corrected chi connectivity index (χ3v) is 1.34. The highest BCUT2D eigenvalue weighted by Crippen LogP contribution is 1.93. The molecule has 0 unspecified atom stereocenters. The molecule has 4 heteroatoms. The van der Waals surface area contributed by atoms with Crippen molar-refractivity contribution < 1.29 is 4.79 Å². The Morgan fingerprint density at radius 1 is 1.55 bits per heavy atom. The first-order valence-electron chi connectivity index (χ1n) is 3.31. The number of hydrogen-bond donors (Lipinski definition) is 2. The number of carbonyl (C=O) groups is 1. The molecule has 0 radical (unpaired) electrons. The monoisotopic (exact) mass is 155 g/mol. The van der Waals surface area contributed by atoms with Gasteiger partial charge in [-0.15, -0.1) is 0 Å². The van der Waals surface area contributed by atoms with Crippen LogP contribution >= 0.6 is 0 Å². The maximum Gasteiger partial charge on any atom is 0.332 e. The van der Waals surface area contributed by atoms with E-state index in [1.165, 1.54) is 0 Å². The Balaban J connectivity index is 4.12. The summed E-state index contributed by atoms with van der Waals surface area (Å²) >= 11 is 0. The smallest absolute Gasteiger partial charge is 0.332 e. The van der Waals surface area contributed by atoms with Gasteiger partial charge in [0.2, 0.25) is 0 Å². The molecule has 0 saturated carbocycles. The Morgan fingerprint density at radius 3 is 2.45 bits per heavy atom. The molecule has 0 bridgehead atoms. The van der Waals surface area contributed by atoms with Crippen molar-refractivity contribution in [1.29, 1.82) is 0 Å². The van der Waals surface area contributed by atoms with E-state index in [-0.39, 0.29) is 0 Å². The number of hydrazone groups is 1. The summed E-state index contributed by atoms with van der Waals surface area (Å²) in [5, 5.41) is 3.72. The van der Waals surface area contributed by atoms with Crippen LogP contribution in [-0.2, 0) is 0 Å². The van der Waals surface area contributed by atoms with Gasteiger partial charge in [0.05, 0.1) is 5.71 Å². The predicted molar refractivity (Wildman–Crippen MR) is 45.3 cm³/mol. The third kappa shape index (κ3) is 4.13. The molecule has 0 fully saturated rings. The van der Waals surface area contributed by atoms with Gasteiger partial charge in [0.1, 0.15) is 0 Å². The summed E-state index contributed by atoms with van der Waals surface area (Å²) in [5.74, 6) is 0. The van der Waals surface area contributed by atoms with Crippen molar-refractivity contribution in [2.45, 2.75) is 20.8 Å². The van der Waals surface area contributed by atoms with E-state index in [0.717, 1.165) is 11.3 Å². The zero-order valence-corrected chi connectivity index (χ0v) is 7.01. The average molecular weight is 155 g/mol. The van der Waals surface area contributed by atoms with Crippen LogP contribution < -0.4 is 11.2 Å². The summed E-state index contributed by atoms with van der Waals surface area (Å²) in [4.78, 5) is 10.2. The Bertz CT molecular complexity index is 206. The lowest BCUT2D eigenvalue weighted by Crippen LogP contribution is -2.25. The molecular formula is C7H13N3O. The second-order valence-corrected chi connectivity index (χ2v) is 2.14. The topological polar surface area (TPSA) is 67.5 Å². The van der Waals surface area contributed by atoms with Crippen molar-refractivity contribution in [3.63, 3.8) is 0 Å². The number of hydrogen-bond acceptors (Lipinski definition) is 2. The van der Waals surface area contributed by atoms with Crippen LogP contribution in [0.3, 0.4) is 0 Å². The van der Waals surface area contributed by atoms with Gasteiger partial charge in [-0.05, 0) is 26.3 Å². The minimum atomic E-state index is -0.645.